The lowest BCUT2D eigenvalue weighted by molar-refractivity contribution is -0.149. The SMILES string of the molecule is CCCNC(C)(CSc1ccc(C)cc1)C(=O)OCC. The molecule has 0 fully saturated rings. The predicted octanol–water partition coefficient (Wildman–Crippen LogP) is 3.41. The molecule has 0 aliphatic rings. The molecular weight excluding hydrogens is 270 g/mol. The van der Waals surface area contributed by atoms with Crippen molar-refractivity contribution >= 4 is 17.7 Å². The molecule has 0 bridgehead atoms. The van der Waals surface area contributed by atoms with E-state index in [9.17, 15) is 4.79 Å². The Labute approximate surface area is 126 Å². The lowest BCUT2D eigenvalue weighted by Crippen LogP contribution is -2.52. The molecule has 0 aliphatic heterocycles. The Balaban J connectivity index is 2.68. The summed E-state index contributed by atoms with van der Waals surface area (Å²) >= 11 is 1.68. The van der Waals surface area contributed by atoms with Gasteiger partial charge in [0, 0.05) is 10.6 Å². The Bertz CT molecular complexity index is 419. The Morgan fingerprint density at radius 2 is 1.95 bits per heavy atom. The summed E-state index contributed by atoms with van der Waals surface area (Å²) in [6, 6.07) is 8.35. The second-order valence-corrected chi connectivity index (χ2v) is 6.13. The second-order valence-electron chi connectivity index (χ2n) is 5.08. The summed E-state index contributed by atoms with van der Waals surface area (Å²) in [6.07, 6.45) is 0.990. The van der Waals surface area contributed by atoms with Crippen LogP contribution in [-0.2, 0) is 9.53 Å². The quantitative estimate of drug-likeness (QED) is 0.589. The molecule has 0 radical (unpaired) electrons. The van der Waals surface area contributed by atoms with Gasteiger partial charge in [-0.15, -0.1) is 11.8 Å². The van der Waals surface area contributed by atoms with Crippen molar-refractivity contribution in [3.63, 3.8) is 0 Å². The van der Waals surface area contributed by atoms with E-state index in [1.807, 2.05) is 13.8 Å². The maximum absolute atomic E-state index is 12.1. The normalized spacial score (nSPS) is 13.8. The topological polar surface area (TPSA) is 38.3 Å². The fourth-order valence-electron chi connectivity index (χ4n) is 1.74. The van der Waals surface area contributed by atoms with Crippen LogP contribution in [0.4, 0.5) is 0 Å². The van der Waals surface area contributed by atoms with Gasteiger partial charge < -0.3 is 10.1 Å². The van der Waals surface area contributed by atoms with Crippen LogP contribution in [0.15, 0.2) is 29.2 Å². The number of rotatable bonds is 8. The van der Waals surface area contributed by atoms with Crippen LogP contribution in [0.3, 0.4) is 0 Å². The van der Waals surface area contributed by atoms with Gasteiger partial charge in [-0.1, -0.05) is 24.6 Å². The number of nitrogens with one attached hydrogen (secondary N) is 1. The van der Waals surface area contributed by atoms with Crippen LogP contribution in [-0.4, -0.2) is 30.4 Å². The van der Waals surface area contributed by atoms with Gasteiger partial charge in [0.05, 0.1) is 6.61 Å². The highest BCUT2D eigenvalue weighted by molar-refractivity contribution is 7.99. The molecule has 0 saturated carbocycles. The summed E-state index contributed by atoms with van der Waals surface area (Å²) in [7, 11) is 0. The van der Waals surface area contributed by atoms with E-state index >= 15 is 0 Å². The Morgan fingerprint density at radius 1 is 1.30 bits per heavy atom. The number of hydrogen-bond donors (Lipinski definition) is 1. The number of carbonyl (C=O) groups excluding carboxylic acids is 1. The molecule has 1 N–H and O–H groups in total. The average molecular weight is 295 g/mol. The van der Waals surface area contributed by atoms with Crippen LogP contribution in [0.2, 0.25) is 0 Å². The van der Waals surface area contributed by atoms with Gasteiger partial charge >= 0.3 is 5.97 Å². The van der Waals surface area contributed by atoms with Crippen molar-refractivity contribution in [2.45, 2.75) is 44.6 Å². The average Bonchev–Trinajstić information content (AvgIpc) is 2.45. The molecule has 1 aromatic carbocycles. The minimum Gasteiger partial charge on any atom is -0.465 e. The molecule has 1 rings (SSSR count). The number of hydrogen-bond acceptors (Lipinski definition) is 4. The molecule has 0 amide bonds. The van der Waals surface area contributed by atoms with Gasteiger partial charge in [0.2, 0.25) is 0 Å². The first kappa shape index (κ1) is 17.1. The van der Waals surface area contributed by atoms with Crippen molar-refractivity contribution in [1.82, 2.24) is 5.32 Å². The molecule has 3 nitrogen and oxygen atoms in total. The molecule has 112 valence electrons. The smallest absolute Gasteiger partial charge is 0.326 e. The van der Waals surface area contributed by atoms with Gasteiger partial charge in [-0.25, -0.2) is 0 Å². The summed E-state index contributed by atoms with van der Waals surface area (Å²) in [5.41, 5.74) is 0.605. The van der Waals surface area contributed by atoms with Crippen molar-refractivity contribution in [2.24, 2.45) is 0 Å². The van der Waals surface area contributed by atoms with E-state index < -0.39 is 5.54 Å². The zero-order valence-corrected chi connectivity index (χ0v) is 13.7. The molecule has 20 heavy (non-hydrogen) atoms. The molecule has 4 heteroatoms. The van der Waals surface area contributed by atoms with Crippen LogP contribution in [0, 0.1) is 6.92 Å². The lowest BCUT2D eigenvalue weighted by atomic mass is 10.1. The third kappa shape index (κ3) is 5.17. The maximum atomic E-state index is 12.1. The molecule has 1 unspecified atom stereocenters. The first-order valence-electron chi connectivity index (χ1n) is 7.13. The summed E-state index contributed by atoms with van der Waals surface area (Å²) < 4.78 is 5.20. The predicted molar refractivity (Wildman–Crippen MR) is 85.2 cm³/mol. The van der Waals surface area contributed by atoms with Crippen LogP contribution in [0.5, 0.6) is 0 Å². The number of ether oxygens (including phenoxy) is 1. The lowest BCUT2D eigenvalue weighted by Gasteiger charge is -2.28. The van der Waals surface area contributed by atoms with E-state index in [2.05, 4.69) is 43.4 Å². The number of thioether (sulfide) groups is 1. The van der Waals surface area contributed by atoms with Crippen molar-refractivity contribution in [1.29, 1.82) is 0 Å². The zero-order chi connectivity index (χ0) is 15.0. The Morgan fingerprint density at radius 3 is 2.50 bits per heavy atom. The van der Waals surface area contributed by atoms with Gasteiger partial charge in [0.25, 0.3) is 0 Å². The third-order valence-corrected chi connectivity index (χ3v) is 4.37. The van der Waals surface area contributed by atoms with E-state index in [0.29, 0.717) is 12.4 Å². The summed E-state index contributed by atoms with van der Waals surface area (Å²) in [6.45, 7) is 9.14. The third-order valence-electron chi connectivity index (χ3n) is 3.04. The molecule has 1 aromatic rings. The first-order valence-corrected chi connectivity index (χ1v) is 8.12. The zero-order valence-electron chi connectivity index (χ0n) is 12.9. The highest BCUT2D eigenvalue weighted by Gasteiger charge is 2.34. The summed E-state index contributed by atoms with van der Waals surface area (Å²) in [5.74, 6) is 0.489. The highest BCUT2D eigenvalue weighted by atomic mass is 32.2. The maximum Gasteiger partial charge on any atom is 0.326 e. The molecule has 0 heterocycles. The number of aryl methyl sites for hydroxylation is 1. The molecule has 1 atom stereocenters. The van der Waals surface area contributed by atoms with E-state index in [1.165, 1.54) is 10.5 Å². The van der Waals surface area contributed by atoms with Crippen LogP contribution in [0.25, 0.3) is 0 Å². The summed E-state index contributed by atoms with van der Waals surface area (Å²) in [4.78, 5) is 13.3. The molecule has 0 aliphatic carbocycles. The van der Waals surface area contributed by atoms with Crippen LogP contribution < -0.4 is 5.32 Å². The minimum absolute atomic E-state index is 0.173. The Kier molecular flexibility index (Phi) is 7.10. The molecule has 0 saturated heterocycles. The van der Waals surface area contributed by atoms with E-state index in [1.54, 1.807) is 11.8 Å². The summed E-state index contributed by atoms with van der Waals surface area (Å²) in [5, 5.41) is 3.32. The molecule has 0 aromatic heterocycles. The van der Waals surface area contributed by atoms with Gasteiger partial charge in [-0.05, 0) is 45.9 Å². The van der Waals surface area contributed by atoms with Crippen LogP contribution >= 0.6 is 11.8 Å². The van der Waals surface area contributed by atoms with E-state index in [0.717, 1.165) is 13.0 Å². The van der Waals surface area contributed by atoms with E-state index in [-0.39, 0.29) is 5.97 Å². The first-order chi connectivity index (χ1) is 9.51. The van der Waals surface area contributed by atoms with Gasteiger partial charge in [-0.3, -0.25) is 4.79 Å². The standard InChI is InChI=1S/C16H25NO2S/c1-5-11-17-16(4,15(18)19-6-2)12-20-14-9-7-13(3)8-10-14/h7-10,17H,5-6,11-12H2,1-4H3. The van der Waals surface area contributed by atoms with Crippen molar-refractivity contribution in [3.8, 4) is 0 Å². The van der Waals surface area contributed by atoms with Crippen LogP contribution in [0.1, 0.15) is 32.8 Å². The number of carbonyl (C=O) groups is 1. The van der Waals surface area contributed by atoms with Crippen molar-refractivity contribution in [3.05, 3.63) is 29.8 Å². The van der Waals surface area contributed by atoms with Gasteiger partial charge in [0.1, 0.15) is 5.54 Å². The van der Waals surface area contributed by atoms with Gasteiger partial charge in [-0.2, -0.15) is 0 Å². The highest BCUT2D eigenvalue weighted by Crippen LogP contribution is 2.24. The fourth-order valence-corrected chi connectivity index (χ4v) is 2.74. The monoisotopic (exact) mass is 295 g/mol. The van der Waals surface area contributed by atoms with E-state index in [4.69, 9.17) is 4.74 Å². The number of esters is 1. The molecule has 0 spiro atoms. The number of benzene rings is 1. The second kappa shape index (κ2) is 8.32. The largest absolute Gasteiger partial charge is 0.465 e. The van der Waals surface area contributed by atoms with Gasteiger partial charge in [0.15, 0.2) is 0 Å². The van der Waals surface area contributed by atoms with Crippen molar-refractivity contribution in [2.75, 3.05) is 18.9 Å². The Hall–Kier alpha value is -1.00. The fraction of sp³-hybridized carbons (Fsp3) is 0.562. The molecular formula is C16H25NO2S. The minimum atomic E-state index is -0.637. The van der Waals surface area contributed by atoms with Crippen molar-refractivity contribution < 1.29 is 9.53 Å².